The van der Waals surface area contributed by atoms with Crippen molar-refractivity contribution < 1.29 is 4.42 Å². The molecule has 0 radical (unpaired) electrons. The first-order valence-corrected chi connectivity index (χ1v) is 28.8. The molecule has 18 rings (SSSR count). The Bertz CT molecular complexity index is 5190. The van der Waals surface area contributed by atoms with Crippen LogP contribution in [0.5, 0.6) is 0 Å². The number of hydrogen-bond acceptors (Lipinski definition) is 4. The molecule has 396 valence electrons. The SMILES string of the molecule is c1ccc(-c2cc(-c3ccccc3)nc(-c3c(-n4c5ccccc5c5ccccc54)c(-n4c5ccccc5c5ccccc54)c(-c4nc5ccccc5o4)c(-n4c5ccccc5c5ccccc54)c3-n3c4ccccc4c4ccccc43)n2)cc1. The number of fused-ring (bicyclic) bond motifs is 13. The van der Waals surface area contributed by atoms with E-state index in [0.717, 1.165) is 149 Å². The maximum absolute atomic E-state index is 7.49. The highest BCUT2D eigenvalue weighted by molar-refractivity contribution is 6.18. The Morgan fingerprint density at radius 1 is 0.247 bits per heavy atom. The number of rotatable bonds is 8. The second-order valence-corrected chi connectivity index (χ2v) is 21.8. The van der Waals surface area contributed by atoms with Gasteiger partial charge in [0.25, 0.3) is 0 Å². The fourth-order valence-electron chi connectivity index (χ4n) is 13.7. The van der Waals surface area contributed by atoms with Gasteiger partial charge in [-0.25, -0.2) is 15.0 Å². The summed E-state index contributed by atoms with van der Waals surface area (Å²) in [6.45, 7) is 0. The third-order valence-electron chi connectivity index (χ3n) is 17.2. The van der Waals surface area contributed by atoms with Crippen LogP contribution in [0.3, 0.4) is 0 Å². The van der Waals surface area contributed by atoms with Gasteiger partial charge in [0.2, 0.25) is 5.89 Å². The van der Waals surface area contributed by atoms with Crippen LogP contribution in [0.2, 0.25) is 0 Å². The summed E-state index contributed by atoms with van der Waals surface area (Å²) in [6.07, 6.45) is 0. The lowest BCUT2D eigenvalue weighted by molar-refractivity contribution is 0.619. The standard InChI is InChI=1S/C77H47N7O/c1-3-25-48(26-4-1)59-47-60(49-27-5-2-6-28-49)79-76(78-59)70-72(81-61-38-16-7-29-50(61)51-30-8-17-39-62(51)81)74(83-65-42-20-11-33-54(65)55-34-12-21-43-66(55)83)71(77-80-58-37-15-24-46-69(58)85-77)75(84-67-44-22-13-35-56(67)57-36-14-23-45-68(57)84)73(70)82-63-40-18-9-31-52(63)53-32-10-19-41-64(53)82/h1-47H. The van der Waals surface area contributed by atoms with Crippen LogP contribution in [0.25, 0.3) is 166 Å². The average molecular weight is 1090 g/mol. The van der Waals surface area contributed by atoms with Crippen LogP contribution in [-0.2, 0) is 0 Å². The number of nitrogens with zero attached hydrogens (tertiary/aromatic N) is 7. The molecule has 6 aromatic heterocycles. The van der Waals surface area contributed by atoms with E-state index >= 15 is 0 Å². The molecule has 0 saturated carbocycles. The molecule has 8 nitrogen and oxygen atoms in total. The molecule has 0 fully saturated rings. The summed E-state index contributed by atoms with van der Waals surface area (Å²) < 4.78 is 17.4. The van der Waals surface area contributed by atoms with Crippen molar-refractivity contribution in [2.24, 2.45) is 0 Å². The van der Waals surface area contributed by atoms with Crippen molar-refractivity contribution >= 4 is 98.3 Å². The van der Waals surface area contributed by atoms with Crippen LogP contribution in [0.4, 0.5) is 0 Å². The van der Waals surface area contributed by atoms with Gasteiger partial charge in [0, 0.05) is 54.2 Å². The second-order valence-electron chi connectivity index (χ2n) is 21.8. The molecule has 18 aromatic rings. The highest BCUT2D eigenvalue weighted by Crippen LogP contribution is 2.54. The lowest BCUT2D eigenvalue weighted by Gasteiger charge is -2.30. The van der Waals surface area contributed by atoms with E-state index < -0.39 is 0 Å². The van der Waals surface area contributed by atoms with Crippen molar-refractivity contribution in [3.8, 4) is 68.1 Å². The predicted molar refractivity (Wildman–Crippen MR) is 349 cm³/mol. The highest BCUT2D eigenvalue weighted by Gasteiger charge is 2.38. The van der Waals surface area contributed by atoms with Crippen molar-refractivity contribution in [3.05, 3.63) is 285 Å². The van der Waals surface area contributed by atoms with Crippen molar-refractivity contribution in [2.45, 2.75) is 0 Å². The van der Waals surface area contributed by atoms with E-state index in [4.69, 9.17) is 19.4 Å². The van der Waals surface area contributed by atoms with E-state index in [-0.39, 0.29) is 0 Å². The lowest BCUT2D eigenvalue weighted by atomic mass is 9.96. The van der Waals surface area contributed by atoms with Gasteiger partial charge in [0.05, 0.1) is 89.4 Å². The average Bonchev–Trinajstić information content (AvgIpc) is 1.68. The Labute approximate surface area is 486 Å². The van der Waals surface area contributed by atoms with E-state index in [1.165, 1.54) is 0 Å². The lowest BCUT2D eigenvalue weighted by Crippen LogP contribution is -2.17. The van der Waals surface area contributed by atoms with Gasteiger partial charge in [0.15, 0.2) is 11.4 Å². The molecule has 8 heteroatoms. The van der Waals surface area contributed by atoms with Gasteiger partial charge < -0.3 is 22.7 Å². The topological polar surface area (TPSA) is 71.5 Å². The summed E-state index contributed by atoms with van der Waals surface area (Å²) in [6, 6.07) is 102. The van der Waals surface area contributed by atoms with Gasteiger partial charge >= 0.3 is 0 Å². The van der Waals surface area contributed by atoms with Gasteiger partial charge in [-0.05, 0) is 66.7 Å². The first-order chi connectivity index (χ1) is 42.2. The minimum Gasteiger partial charge on any atom is -0.436 e. The third-order valence-corrected chi connectivity index (χ3v) is 17.2. The maximum Gasteiger partial charge on any atom is 0.231 e. The Morgan fingerprint density at radius 2 is 0.518 bits per heavy atom. The molecule has 0 bridgehead atoms. The maximum atomic E-state index is 7.49. The van der Waals surface area contributed by atoms with Crippen LogP contribution in [0.1, 0.15) is 0 Å². The normalized spacial score (nSPS) is 12.0. The smallest absolute Gasteiger partial charge is 0.231 e. The highest BCUT2D eigenvalue weighted by atomic mass is 16.3. The molecule has 6 heterocycles. The van der Waals surface area contributed by atoms with Crippen molar-refractivity contribution in [3.63, 3.8) is 0 Å². The second kappa shape index (κ2) is 18.5. The van der Waals surface area contributed by atoms with Crippen molar-refractivity contribution in [2.75, 3.05) is 0 Å². The largest absolute Gasteiger partial charge is 0.436 e. The molecule has 0 aliphatic heterocycles. The number of oxazole rings is 1. The zero-order valence-corrected chi connectivity index (χ0v) is 45.7. The molecule has 0 amide bonds. The van der Waals surface area contributed by atoms with Crippen molar-refractivity contribution in [1.29, 1.82) is 0 Å². The van der Waals surface area contributed by atoms with E-state index in [0.29, 0.717) is 17.3 Å². The predicted octanol–water partition coefficient (Wildman–Crippen LogP) is 19.7. The zero-order valence-electron chi connectivity index (χ0n) is 45.7. The first kappa shape index (κ1) is 47.1. The Balaban J connectivity index is 1.23. The van der Waals surface area contributed by atoms with Gasteiger partial charge in [-0.1, -0.05) is 218 Å². The van der Waals surface area contributed by atoms with E-state index in [9.17, 15) is 0 Å². The quantitative estimate of drug-likeness (QED) is 0.152. The minimum atomic E-state index is 0.453. The summed E-state index contributed by atoms with van der Waals surface area (Å²) in [5, 5.41) is 8.85. The number of para-hydroxylation sites is 10. The Morgan fingerprint density at radius 3 is 0.835 bits per heavy atom. The Kier molecular flexibility index (Phi) is 10.2. The first-order valence-electron chi connectivity index (χ1n) is 28.8. The molecular weight excluding hydrogens is 1040 g/mol. The summed E-state index contributed by atoms with van der Waals surface area (Å²) >= 11 is 0. The molecule has 85 heavy (non-hydrogen) atoms. The number of hydrogen-bond donors (Lipinski definition) is 0. The van der Waals surface area contributed by atoms with E-state index in [1.807, 2.05) is 24.3 Å². The summed E-state index contributed by atoms with van der Waals surface area (Å²) in [5.74, 6) is 0.983. The van der Waals surface area contributed by atoms with Gasteiger partial charge in [-0.2, -0.15) is 0 Å². The minimum absolute atomic E-state index is 0.453. The van der Waals surface area contributed by atoms with E-state index in [1.54, 1.807) is 0 Å². The number of benzene rings is 12. The molecule has 12 aromatic carbocycles. The molecule has 0 spiro atoms. The van der Waals surface area contributed by atoms with Crippen LogP contribution >= 0.6 is 0 Å². The molecule has 0 N–H and O–H groups in total. The van der Waals surface area contributed by atoms with Gasteiger partial charge in [-0.15, -0.1) is 0 Å². The summed E-state index contributed by atoms with van der Waals surface area (Å²) in [7, 11) is 0. The summed E-state index contributed by atoms with van der Waals surface area (Å²) in [5.41, 5.74) is 17.9. The van der Waals surface area contributed by atoms with Crippen molar-refractivity contribution in [1.82, 2.24) is 33.2 Å². The van der Waals surface area contributed by atoms with Crippen LogP contribution in [0, 0.1) is 0 Å². The van der Waals surface area contributed by atoms with Crippen LogP contribution in [-0.4, -0.2) is 33.2 Å². The fourth-order valence-corrected chi connectivity index (χ4v) is 13.7. The molecule has 0 aliphatic carbocycles. The summed E-state index contributed by atoms with van der Waals surface area (Å²) in [4.78, 5) is 17.7. The molecule has 0 unspecified atom stereocenters. The van der Waals surface area contributed by atoms with Crippen LogP contribution < -0.4 is 0 Å². The molecular formula is C77H47N7O. The fraction of sp³-hybridized carbons (Fsp3) is 0. The Hall–Kier alpha value is -11.6. The van der Waals surface area contributed by atoms with Gasteiger partial charge in [0.1, 0.15) is 5.52 Å². The van der Waals surface area contributed by atoms with Gasteiger partial charge in [-0.3, -0.25) is 0 Å². The zero-order chi connectivity index (χ0) is 55.7. The monoisotopic (exact) mass is 1090 g/mol. The third kappa shape index (κ3) is 6.94. The molecule has 0 saturated heterocycles. The van der Waals surface area contributed by atoms with Crippen LogP contribution in [0.15, 0.2) is 290 Å². The number of aromatic nitrogens is 7. The molecule has 0 atom stereocenters. The van der Waals surface area contributed by atoms with E-state index in [2.05, 4.69) is 279 Å². The molecule has 0 aliphatic rings.